The molecule has 0 unspecified atom stereocenters. The Morgan fingerprint density at radius 2 is 1.64 bits per heavy atom. The van der Waals surface area contributed by atoms with Gasteiger partial charge in [0.15, 0.2) is 0 Å². The summed E-state index contributed by atoms with van der Waals surface area (Å²) in [5, 5.41) is 4.66. The van der Waals surface area contributed by atoms with Gasteiger partial charge in [0.1, 0.15) is 11.5 Å². The molecule has 0 saturated heterocycles. The summed E-state index contributed by atoms with van der Waals surface area (Å²) in [6, 6.07) is 18.2. The maximum Gasteiger partial charge on any atom is 0.128 e. The quantitative estimate of drug-likeness (QED) is 0.563. The summed E-state index contributed by atoms with van der Waals surface area (Å²) in [6.45, 7) is 0.344. The van der Waals surface area contributed by atoms with E-state index in [0.717, 1.165) is 22.6 Å². The van der Waals surface area contributed by atoms with E-state index in [9.17, 15) is 4.39 Å². The van der Waals surface area contributed by atoms with Crippen LogP contribution in [0.5, 0.6) is 0 Å². The van der Waals surface area contributed by atoms with Crippen LogP contribution in [0.25, 0.3) is 22.6 Å². The normalized spacial score (nSPS) is 10.8. The third-order valence-corrected chi connectivity index (χ3v) is 3.96. The molecule has 0 spiro atoms. The van der Waals surface area contributed by atoms with Crippen molar-refractivity contribution in [2.45, 2.75) is 6.54 Å². The minimum Gasteiger partial charge on any atom is -0.265 e. The average molecular weight is 330 g/mol. The van der Waals surface area contributed by atoms with E-state index in [1.54, 1.807) is 35.4 Å². The van der Waals surface area contributed by atoms with Crippen molar-refractivity contribution in [3.05, 3.63) is 90.6 Å². The van der Waals surface area contributed by atoms with E-state index >= 15 is 0 Å². The molecule has 4 nitrogen and oxygen atoms in total. The molecule has 25 heavy (non-hydrogen) atoms. The topological polar surface area (TPSA) is 43.6 Å². The fraction of sp³-hybridized carbons (Fsp3) is 0.0500. The Balaban J connectivity index is 1.81. The zero-order chi connectivity index (χ0) is 17.1. The molecular weight excluding hydrogens is 315 g/mol. The van der Waals surface area contributed by atoms with Gasteiger partial charge in [-0.2, -0.15) is 5.10 Å². The molecule has 0 N–H and O–H groups in total. The lowest BCUT2D eigenvalue weighted by Crippen LogP contribution is -2.05. The van der Waals surface area contributed by atoms with Crippen LogP contribution in [0.3, 0.4) is 0 Å². The predicted molar refractivity (Wildman–Crippen MR) is 94.2 cm³/mol. The molecule has 0 amide bonds. The number of rotatable bonds is 4. The first kappa shape index (κ1) is 15.2. The zero-order valence-corrected chi connectivity index (χ0v) is 13.4. The molecule has 5 heteroatoms. The fourth-order valence-corrected chi connectivity index (χ4v) is 2.72. The van der Waals surface area contributed by atoms with Gasteiger partial charge in [-0.05, 0) is 36.4 Å². The van der Waals surface area contributed by atoms with Gasteiger partial charge in [0.05, 0.1) is 17.9 Å². The lowest BCUT2D eigenvalue weighted by Gasteiger charge is -2.08. The highest BCUT2D eigenvalue weighted by Crippen LogP contribution is 2.26. The first-order valence-electron chi connectivity index (χ1n) is 7.94. The third-order valence-electron chi connectivity index (χ3n) is 3.96. The molecular formula is C20H15FN4. The van der Waals surface area contributed by atoms with Crippen molar-refractivity contribution in [2.24, 2.45) is 0 Å². The van der Waals surface area contributed by atoms with Crippen molar-refractivity contribution in [3.63, 3.8) is 0 Å². The summed E-state index contributed by atoms with van der Waals surface area (Å²) in [5.74, 6) is -0.238. The number of benzene rings is 1. The number of halogens is 1. The predicted octanol–water partition coefficient (Wildman–Crippen LogP) is 4.19. The van der Waals surface area contributed by atoms with Gasteiger partial charge in [0.2, 0.25) is 0 Å². The molecule has 4 rings (SSSR count). The Morgan fingerprint density at radius 3 is 2.40 bits per heavy atom. The molecule has 0 radical (unpaired) electrons. The lowest BCUT2D eigenvalue weighted by molar-refractivity contribution is 0.587. The van der Waals surface area contributed by atoms with Crippen molar-refractivity contribution in [1.82, 2.24) is 19.7 Å². The highest BCUT2D eigenvalue weighted by molar-refractivity contribution is 5.66. The third kappa shape index (κ3) is 3.17. The molecule has 3 heterocycles. The van der Waals surface area contributed by atoms with Crippen molar-refractivity contribution < 1.29 is 4.39 Å². The van der Waals surface area contributed by atoms with Crippen molar-refractivity contribution >= 4 is 0 Å². The summed E-state index contributed by atoms with van der Waals surface area (Å²) < 4.78 is 15.9. The van der Waals surface area contributed by atoms with Gasteiger partial charge in [-0.3, -0.25) is 14.6 Å². The molecule has 0 saturated carbocycles. The Labute approximate surface area is 144 Å². The SMILES string of the molecule is Fc1ccccc1Cn1nc(-c2ccccn2)cc1-c1ccncc1. The van der Waals surface area contributed by atoms with E-state index in [0.29, 0.717) is 12.1 Å². The molecule has 0 aliphatic heterocycles. The van der Waals surface area contributed by atoms with Gasteiger partial charge >= 0.3 is 0 Å². The van der Waals surface area contributed by atoms with E-state index in [-0.39, 0.29) is 5.82 Å². The van der Waals surface area contributed by atoms with Crippen LogP contribution in [0, 0.1) is 5.82 Å². The van der Waals surface area contributed by atoms with Crippen LogP contribution in [0.2, 0.25) is 0 Å². The molecule has 3 aromatic heterocycles. The number of hydrogen-bond acceptors (Lipinski definition) is 3. The van der Waals surface area contributed by atoms with Crippen LogP contribution in [0.4, 0.5) is 4.39 Å². The second-order valence-electron chi connectivity index (χ2n) is 5.61. The van der Waals surface area contributed by atoms with Crippen LogP contribution in [-0.2, 0) is 6.54 Å². The number of nitrogens with zero attached hydrogens (tertiary/aromatic N) is 4. The van der Waals surface area contributed by atoms with Gasteiger partial charge in [-0.25, -0.2) is 4.39 Å². The molecule has 122 valence electrons. The van der Waals surface area contributed by atoms with Crippen molar-refractivity contribution in [1.29, 1.82) is 0 Å². The van der Waals surface area contributed by atoms with Gasteiger partial charge < -0.3 is 0 Å². The summed E-state index contributed by atoms with van der Waals surface area (Å²) in [6.07, 6.45) is 5.20. The van der Waals surface area contributed by atoms with E-state index < -0.39 is 0 Å². The van der Waals surface area contributed by atoms with Crippen LogP contribution in [0.1, 0.15) is 5.56 Å². The largest absolute Gasteiger partial charge is 0.265 e. The number of aromatic nitrogens is 4. The second kappa shape index (κ2) is 6.65. The zero-order valence-electron chi connectivity index (χ0n) is 13.4. The Hall–Kier alpha value is -3.34. The van der Waals surface area contributed by atoms with Gasteiger partial charge in [0.25, 0.3) is 0 Å². The minimum atomic E-state index is -0.238. The molecule has 4 aromatic rings. The molecule has 1 aromatic carbocycles. The summed E-state index contributed by atoms with van der Waals surface area (Å²) >= 11 is 0. The van der Waals surface area contributed by atoms with Crippen molar-refractivity contribution in [3.8, 4) is 22.6 Å². The fourth-order valence-electron chi connectivity index (χ4n) is 2.72. The van der Waals surface area contributed by atoms with Gasteiger partial charge in [0, 0.05) is 29.7 Å². The van der Waals surface area contributed by atoms with E-state index in [2.05, 4.69) is 15.1 Å². The van der Waals surface area contributed by atoms with Gasteiger partial charge in [-0.15, -0.1) is 0 Å². The van der Waals surface area contributed by atoms with Crippen LogP contribution >= 0.6 is 0 Å². The van der Waals surface area contributed by atoms with E-state index in [1.807, 2.05) is 42.5 Å². The first-order chi connectivity index (χ1) is 12.3. The maximum atomic E-state index is 14.1. The summed E-state index contributed by atoms with van der Waals surface area (Å²) in [4.78, 5) is 8.42. The smallest absolute Gasteiger partial charge is 0.128 e. The van der Waals surface area contributed by atoms with Gasteiger partial charge in [-0.1, -0.05) is 24.3 Å². The Morgan fingerprint density at radius 1 is 0.840 bits per heavy atom. The van der Waals surface area contributed by atoms with E-state index in [4.69, 9.17) is 0 Å². The maximum absolute atomic E-state index is 14.1. The van der Waals surface area contributed by atoms with Crippen LogP contribution in [0.15, 0.2) is 79.3 Å². The standard InChI is InChI=1S/C20H15FN4/c21-17-6-2-1-5-16(17)14-25-20(15-8-11-22-12-9-15)13-19(24-25)18-7-3-4-10-23-18/h1-13H,14H2. The lowest BCUT2D eigenvalue weighted by atomic mass is 10.1. The van der Waals surface area contributed by atoms with Crippen LogP contribution in [-0.4, -0.2) is 19.7 Å². The van der Waals surface area contributed by atoms with Crippen LogP contribution < -0.4 is 0 Å². The minimum absolute atomic E-state index is 0.238. The number of hydrogen-bond donors (Lipinski definition) is 0. The molecule has 0 atom stereocenters. The monoisotopic (exact) mass is 330 g/mol. The molecule has 0 aliphatic rings. The summed E-state index contributed by atoms with van der Waals surface area (Å²) in [7, 11) is 0. The Kier molecular flexibility index (Phi) is 4.04. The highest BCUT2D eigenvalue weighted by atomic mass is 19.1. The first-order valence-corrected chi connectivity index (χ1v) is 7.94. The molecule has 0 fully saturated rings. The van der Waals surface area contributed by atoms with E-state index in [1.165, 1.54) is 6.07 Å². The average Bonchev–Trinajstić information content (AvgIpc) is 3.09. The Bertz CT molecular complexity index is 981. The number of pyridine rings is 2. The highest BCUT2D eigenvalue weighted by Gasteiger charge is 2.13. The van der Waals surface area contributed by atoms with Crippen molar-refractivity contribution in [2.75, 3.05) is 0 Å². The summed E-state index contributed by atoms with van der Waals surface area (Å²) in [5.41, 5.74) is 4.00. The molecule has 0 bridgehead atoms. The molecule has 0 aliphatic carbocycles. The second-order valence-corrected chi connectivity index (χ2v) is 5.61.